The Morgan fingerprint density at radius 1 is 1.00 bits per heavy atom. The van der Waals surface area contributed by atoms with Gasteiger partial charge in [-0.05, 0) is 18.1 Å². The van der Waals surface area contributed by atoms with Crippen molar-refractivity contribution in [3.05, 3.63) is 71.8 Å². The van der Waals surface area contributed by atoms with E-state index in [4.69, 9.17) is 4.74 Å². The van der Waals surface area contributed by atoms with Gasteiger partial charge in [0.2, 0.25) is 0 Å². The van der Waals surface area contributed by atoms with E-state index >= 15 is 0 Å². The molecule has 1 unspecified atom stereocenters. The van der Waals surface area contributed by atoms with E-state index < -0.39 is 6.10 Å². The maximum absolute atomic E-state index is 11.1. The molecule has 2 aromatic rings. The van der Waals surface area contributed by atoms with Crippen LogP contribution in [0.25, 0.3) is 0 Å². The number of ether oxygens (including phenoxy) is 1. The molecule has 19 heavy (non-hydrogen) atoms. The molecular weight excluding hydrogens is 236 g/mol. The Kier molecular flexibility index (Phi) is 4.36. The first kappa shape index (κ1) is 12.9. The van der Waals surface area contributed by atoms with Gasteiger partial charge in [-0.2, -0.15) is 0 Å². The molecule has 0 aliphatic carbocycles. The van der Waals surface area contributed by atoms with Crippen molar-refractivity contribution in [3.63, 3.8) is 0 Å². The lowest BCUT2D eigenvalue weighted by Gasteiger charge is -2.10. The van der Waals surface area contributed by atoms with Crippen LogP contribution >= 0.6 is 0 Å². The lowest BCUT2D eigenvalue weighted by molar-refractivity contribution is -0.144. The molecule has 0 N–H and O–H groups in total. The number of esters is 1. The largest absolute Gasteiger partial charge is 0.444 e. The van der Waals surface area contributed by atoms with Crippen molar-refractivity contribution in [3.8, 4) is 11.8 Å². The molecule has 0 saturated carbocycles. The third kappa shape index (κ3) is 4.01. The second-order valence-corrected chi connectivity index (χ2v) is 4.04. The van der Waals surface area contributed by atoms with Crippen LogP contribution in [0.15, 0.2) is 60.7 Å². The van der Waals surface area contributed by atoms with Crippen molar-refractivity contribution in [2.24, 2.45) is 0 Å². The monoisotopic (exact) mass is 250 g/mol. The number of hydrogen-bond donors (Lipinski definition) is 0. The van der Waals surface area contributed by atoms with E-state index in [0.29, 0.717) is 0 Å². The fraction of sp³-hybridized carbons (Fsp3) is 0.118. The third-order valence-electron chi connectivity index (χ3n) is 2.51. The van der Waals surface area contributed by atoms with Crippen LogP contribution < -0.4 is 0 Å². The molecule has 0 spiro atoms. The quantitative estimate of drug-likeness (QED) is 0.603. The Morgan fingerprint density at radius 2 is 1.58 bits per heavy atom. The van der Waals surface area contributed by atoms with E-state index in [1.54, 1.807) is 0 Å². The fourth-order valence-corrected chi connectivity index (χ4v) is 1.64. The van der Waals surface area contributed by atoms with Gasteiger partial charge in [0.15, 0.2) is 6.10 Å². The number of hydrogen-bond acceptors (Lipinski definition) is 2. The van der Waals surface area contributed by atoms with Crippen molar-refractivity contribution in [1.82, 2.24) is 0 Å². The summed E-state index contributed by atoms with van der Waals surface area (Å²) in [6.45, 7) is 1.39. The van der Waals surface area contributed by atoms with Crippen molar-refractivity contribution < 1.29 is 9.53 Å². The van der Waals surface area contributed by atoms with E-state index in [9.17, 15) is 4.79 Å². The van der Waals surface area contributed by atoms with Gasteiger partial charge < -0.3 is 4.74 Å². The smallest absolute Gasteiger partial charge is 0.304 e. The van der Waals surface area contributed by atoms with Gasteiger partial charge >= 0.3 is 5.97 Å². The van der Waals surface area contributed by atoms with Crippen LogP contribution in [0.3, 0.4) is 0 Å². The van der Waals surface area contributed by atoms with Crippen LogP contribution in [-0.2, 0) is 9.53 Å². The van der Waals surface area contributed by atoms with Gasteiger partial charge in [0.25, 0.3) is 0 Å². The van der Waals surface area contributed by atoms with Crippen LogP contribution in [0.2, 0.25) is 0 Å². The molecule has 0 amide bonds. The lowest BCUT2D eigenvalue weighted by atomic mass is 10.1. The zero-order valence-electron chi connectivity index (χ0n) is 10.7. The fourth-order valence-electron chi connectivity index (χ4n) is 1.64. The van der Waals surface area contributed by atoms with Crippen molar-refractivity contribution in [1.29, 1.82) is 0 Å². The first-order chi connectivity index (χ1) is 9.25. The van der Waals surface area contributed by atoms with Gasteiger partial charge in [-0.25, -0.2) is 0 Å². The van der Waals surface area contributed by atoms with E-state index in [2.05, 4.69) is 11.8 Å². The van der Waals surface area contributed by atoms with Crippen LogP contribution in [0, 0.1) is 11.8 Å². The van der Waals surface area contributed by atoms with Gasteiger partial charge in [0.05, 0.1) is 0 Å². The van der Waals surface area contributed by atoms with Crippen molar-refractivity contribution in [2.45, 2.75) is 13.0 Å². The van der Waals surface area contributed by atoms with Crippen molar-refractivity contribution >= 4 is 5.97 Å². The summed E-state index contributed by atoms with van der Waals surface area (Å²) in [4.78, 5) is 11.1. The van der Waals surface area contributed by atoms with Gasteiger partial charge in [0.1, 0.15) is 0 Å². The molecule has 94 valence electrons. The molecule has 2 rings (SSSR count). The van der Waals surface area contributed by atoms with E-state index in [0.717, 1.165) is 11.1 Å². The average molecular weight is 250 g/mol. The summed E-state index contributed by atoms with van der Waals surface area (Å²) in [6.07, 6.45) is -0.529. The summed E-state index contributed by atoms with van der Waals surface area (Å²) in [5.74, 6) is 5.68. The topological polar surface area (TPSA) is 26.3 Å². The number of rotatable bonds is 2. The average Bonchev–Trinajstić information content (AvgIpc) is 2.45. The Balaban J connectivity index is 2.25. The minimum Gasteiger partial charge on any atom is -0.444 e. The first-order valence-corrected chi connectivity index (χ1v) is 6.04. The highest BCUT2D eigenvalue weighted by Gasteiger charge is 2.10. The maximum atomic E-state index is 11.1. The van der Waals surface area contributed by atoms with Crippen LogP contribution in [0.4, 0.5) is 0 Å². The molecule has 2 nitrogen and oxygen atoms in total. The SMILES string of the molecule is CC(=O)OC(C#Cc1ccccc1)c1ccccc1. The molecule has 0 bridgehead atoms. The zero-order chi connectivity index (χ0) is 13.5. The van der Waals surface area contributed by atoms with Gasteiger partial charge in [-0.1, -0.05) is 54.5 Å². The number of carbonyl (C=O) groups is 1. The highest BCUT2D eigenvalue weighted by atomic mass is 16.5. The normalized spacial score (nSPS) is 11.0. The molecule has 0 aliphatic heterocycles. The second-order valence-electron chi connectivity index (χ2n) is 4.04. The summed E-state index contributed by atoms with van der Waals surface area (Å²) in [7, 11) is 0. The molecule has 0 fully saturated rings. The molecule has 2 heteroatoms. The molecule has 0 radical (unpaired) electrons. The van der Waals surface area contributed by atoms with E-state index in [1.165, 1.54) is 6.92 Å². The Labute approximate surface area is 113 Å². The predicted octanol–water partition coefficient (Wildman–Crippen LogP) is 3.34. The van der Waals surface area contributed by atoms with Gasteiger partial charge in [0, 0.05) is 18.1 Å². The summed E-state index contributed by atoms with van der Waals surface area (Å²) in [5, 5.41) is 0. The molecule has 0 heterocycles. The van der Waals surface area contributed by atoms with Gasteiger partial charge in [-0.15, -0.1) is 0 Å². The van der Waals surface area contributed by atoms with Gasteiger partial charge in [-0.3, -0.25) is 4.79 Å². The summed E-state index contributed by atoms with van der Waals surface area (Å²) >= 11 is 0. The summed E-state index contributed by atoms with van der Waals surface area (Å²) in [5.41, 5.74) is 1.77. The van der Waals surface area contributed by atoms with Crippen molar-refractivity contribution in [2.75, 3.05) is 0 Å². The summed E-state index contributed by atoms with van der Waals surface area (Å²) in [6, 6.07) is 19.1. The summed E-state index contributed by atoms with van der Waals surface area (Å²) < 4.78 is 5.25. The second kappa shape index (κ2) is 6.42. The predicted molar refractivity (Wildman–Crippen MR) is 74.3 cm³/mol. The first-order valence-electron chi connectivity index (χ1n) is 6.04. The molecular formula is C17H14O2. The highest BCUT2D eigenvalue weighted by molar-refractivity contribution is 5.66. The van der Waals surface area contributed by atoms with E-state index in [-0.39, 0.29) is 5.97 Å². The highest BCUT2D eigenvalue weighted by Crippen LogP contribution is 2.16. The molecule has 1 atom stereocenters. The molecule has 0 aliphatic rings. The van der Waals surface area contributed by atoms with Crippen LogP contribution in [-0.4, -0.2) is 5.97 Å². The Bertz CT molecular complexity index is 591. The third-order valence-corrected chi connectivity index (χ3v) is 2.51. The molecule has 0 aromatic heterocycles. The maximum Gasteiger partial charge on any atom is 0.304 e. The number of carbonyl (C=O) groups excluding carboxylic acids is 1. The zero-order valence-corrected chi connectivity index (χ0v) is 10.7. The Morgan fingerprint density at radius 3 is 2.16 bits per heavy atom. The Hall–Kier alpha value is -2.53. The minimum absolute atomic E-state index is 0.337. The lowest BCUT2D eigenvalue weighted by Crippen LogP contribution is -2.06. The molecule has 2 aromatic carbocycles. The minimum atomic E-state index is -0.529. The van der Waals surface area contributed by atoms with Crippen LogP contribution in [0.1, 0.15) is 24.2 Å². The van der Waals surface area contributed by atoms with Crippen LogP contribution in [0.5, 0.6) is 0 Å². The standard InChI is InChI=1S/C17H14O2/c1-14(18)19-17(16-10-6-3-7-11-16)13-12-15-8-4-2-5-9-15/h2-11,17H,1H3. The number of benzene rings is 2. The van der Waals surface area contributed by atoms with E-state index in [1.807, 2.05) is 60.7 Å². The molecule has 0 saturated heterocycles.